The molecular weight excluding hydrogens is 1050 g/mol. The summed E-state index contributed by atoms with van der Waals surface area (Å²) in [7, 11) is 0. The summed E-state index contributed by atoms with van der Waals surface area (Å²) in [5.74, 6) is -1.55. The third kappa shape index (κ3) is 92.5. The summed E-state index contributed by atoms with van der Waals surface area (Å²) < 4.78 is 0. The Bertz CT molecular complexity index is 1140. The molecule has 0 unspecified atom stereocenters. The zero-order chi connectivity index (χ0) is 60.4. The smallest absolute Gasteiger partial charge is 0.550 e. The van der Waals surface area contributed by atoms with Crippen molar-refractivity contribution in [2.24, 2.45) is 0 Å². The summed E-state index contributed by atoms with van der Waals surface area (Å²) in [4.78, 5) is 44.5. The van der Waals surface area contributed by atoms with Crippen molar-refractivity contribution < 1.29 is 29.4 Å². The van der Waals surface area contributed by atoms with Crippen LogP contribution in [0.15, 0.2) is 0 Å². The fourth-order valence-corrected chi connectivity index (χ4v) is 11.2. The van der Waals surface area contributed by atoms with E-state index in [1.54, 1.807) is 0 Å². The second kappa shape index (κ2) is 83.2. The molecule has 0 aromatic heterocycles. The number of hydrogen-bond donors (Lipinski definition) is 2. The van der Waals surface area contributed by atoms with Gasteiger partial charge in [0, 0.05) is 37.9 Å². The maximum Gasteiger partial charge on any atom is 2.00 e. The summed E-state index contributed by atoms with van der Waals surface area (Å²) in [6.07, 6.45) is 81.2. The minimum Gasteiger partial charge on any atom is -0.550 e. The van der Waals surface area contributed by atoms with Gasteiger partial charge in [-0.2, -0.15) is 0 Å². The molecule has 0 aliphatic carbocycles. The Kier molecular flexibility index (Phi) is 88.8. The first-order chi connectivity index (χ1) is 40.2. The molecule has 0 bridgehead atoms. The molecule has 0 aromatic rings. The number of carboxylic acid groups (broad SMARTS) is 2. The van der Waals surface area contributed by atoms with Crippen LogP contribution in [0.25, 0.3) is 0 Å². The predicted octanol–water partition coefficient (Wildman–Crippen LogP) is 21.4. The Morgan fingerprint density at radius 2 is 0.325 bits per heavy atom. The number of nitrogens with one attached hydrogen (secondary N) is 2. The van der Waals surface area contributed by atoms with Gasteiger partial charge in [0.1, 0.15) is 0 Å². The van der Waals surface area contributed by atoms with Gasteiger partial charge in [-0.25, -0.2) is 0 Å². The van der Waals surface area contributed by atoms with Crippen LogP contribution in [0.5, 0.6) is 0 Å². The van der Waals surface area contributed by atoms with Crippen LogP contribution in [0.4, 0.5) is 0 Å². The molecule has 2 N–H and O–H groups in total. The van der Waals surface area contributed by atoms with E-state index in [1.165, 1.54) is 334 Å². The molecule has 0 saturated heterocycles. The molecule has 490 valence electrons. The van der Waals surface area contributed by atoms with Gasteiger partial charge >= 0.3 is 37.7 Å². The molecule has 0 radical (unpaired) electrons. The Labute approximate surface area is 549 Å². The van der Waals surface area contributed by atoms with Crippen molar-refractivity contribution in [1.29, 1.82) is 0 Å². The summed E-state index contributed by atoms with van der Waals surface area (Å²) >= 11 is 0. The van der Waals surface area contributed by atoms with E-state index < -0.39 is 11.9 Å². The van der Waals surface area contributed by atoms with Crippen molar-refractivity contribution in [3.63, 3.8) is 0 Å². The first-order valence-electron chi connectivity index (χ1n) is 37.2. The first kappa shape index (κ1) is 88.6. The summed E-state index contributed by atoms with van der Waals surface area (Å²) in [5.41, 5.74) is 0. The van der Waals surface area contributed by atoms with Crippen molar-refractivity contribution >= 4 is 61.5 Å². The Morgan fingerprint density at radius 1 is 0.205 bits per heavy atom. The summed E-state index contributed by atoms with van der Waals surface area (Å²) in [6, 6.07) is 0. The van der Waals surface area contributed by atoms with Crippen LogP contribution in [0.3, 0.4) is 0 Å². The molecule has 0 aliphatic rings. The van der Waals surface area contributed by atoms with Crippen LogP contribution in [0, 0.1) is 0 Å². The zero-order valence-corrected chi connectivity index (χ0v) is 59.0. The van der Waals surface area contributed by atoms with Crippen LogP contribution >= 0.6 is 0 Å². The molecule has 0 fully saturated rings. The van der Waals surface area contributed by atoms with E-state index >= 15 is 0 Å². The van der Waals surface area contributed by atoms with Crippen molar-refractivity contribution in [3.8, 4) is 0 Å². The van der Waals surface area contributed by atoms with Gasteiger partial charge < -0.3 is 30.4 Å². The van der Waals surface area contributed by atoms with Gasteiger partial charge in [-0.1, -0.05) is 387 Å². The Hall–Kier alpha value is -0.860. The van der Waals surface area contributed by atoms with E-state index in [2.05, 4.69) is 38.3 Å². The minimum atomic E-state index is -0.903. The number of rotatable bonds is 67. The molecule has 8 nitrogen and oxygen atoms in total. The van der Waals surface area contributed by atoms with Crippen LogP contribution < -0.4 is 20.8 Å². The van der Waals surface area contributed by atoms with Crippen LogP contribution in [-0.4, -0.2) is 74.6 Å². The van der Waals surface area contributed by atoms with E-state index in [4.69, 9.17) is 0 Å². The molecule has 0 aromatic carbocycles. The second-order valence-corrected chi connectivity index (χ2v) is 25.2. The third-order valence-electron chi connectivity index (χ3n) is 16.8. The summed E-state index contributed by atoms with van der Waals surface area (Å²) in [6.45, 7) is 10.2. The number of amides is 2. The third-order valence-corrected chi connectivity index (χ3v) is 16.8. The Morgan fingerprint density at radius 3 is 0.458 bits per heavy atom. The van der Waals surface area contributed by atoms with Gasteiger partial charge in [-0.05, 0) is 38.5 Å². The number of unbranched alkanes of at least 4 members (excludes halogenated alkanes) is 56. The van der Waals surface area contributed by atoms with E-state index in [-0.39, 0.29) is 62.4 Å². The number of carbonyl (C=O) groups excluding carboxylic acids is 4. The standard InChI is InChI=1S/C38H76N2O2.2C18H36O2.Ca/c1-3-5-7-9-11-13-15-17-19-21-23-25-27-29-31-33-37(41)39-35-36-40-38(42)34-32-30-28-26-24-22-20-18-16-14-12-10-8-6-4-2;2*1-2-3-4-5-6-7-8-9-10-11-12-13-14-15-16-17-18(19)20;/h3-36H2,1-2H3,(H,39,41)(H,40,42);2*2-17H2,1H3,(H,19,20);/q;;;+2/p-2. The molecular formula is C74H146CaN2O6. The number of carbonyl (C=O) groups is 4. The zero-order valence-electron chi connectivity index (χ0n) is 56.8. The van der Waals surface area contributed by atoms with Gasteiger partial charge in [0.05, 0.1) is 0 Å². The normalized spacial score (nSPS) is 10.9. The van der Waals surface area contributed by atoms with E-state index in [9.17, 15) is 29.4 Å². The molecule has 9 heteroatoms. The van der Waals surface area contributed by atoms with Gasteiger partial charge in [0.2, 0.25) is 11.8 Å². The van der Waals surface area contributed by atoms with Gasteiger partial charge in [-0.3, -0.25) is 9.59 Å². The van der Waals surface area contributed by atoms with Gasteiger partial charge in [0.15, 0.2) is 0 Å². The maximum atomic E-state index is 12.0. The van der Waals surface area contributed by atoms with Crippen molar-refractivity contribution in [2.75, 3.05) is 13.1 Å². The van der Waals surface area contributed by atoms with E-state index in [0.717, 1.165) is 51.4 Å². The van der Waals surface area contributed by atoms with E-state index in [0.29, 0.717) is 25.9 Å². The van der Waals surface area contributed by atoms with Crippen LogP contribution in [0.2, 0.25) is 0 Å². The Balaban J connectivity index is -0.000000633. The molecule has 0 aliphatic heterocycles. The topological polar surface area (TPSA) is 138 Å². The van der Waals surface area contributed by atoms with Crippen molar-refractivity contribution in [3.05, 3.63) is 0 Å². The number of carboxylic acids is 2. The maximum absolute atomic E-state index is 12.0. The average Bonchev–Trinajstić information content (AvgIpc) is 3.46. The molecule has 83 heavy (non-hydrogen) atoms. The monoisotopic (exact) mass is 1200 g/mol. The van der Waals surface area contributed by atoms with Crippen LogP contribution in [0.1, 0.15) is 439 Å². The first-order valence-corrected chi connectivity index (χ1v) is 37.2. The fourth-order valence-electron chi connectivity index (χ4n) is 11.2. The number of aliphatic carboxylic acids is 2. The van der Waals surface area contributed by atoms with E-state index in [1.807, 2.05) is 0 Å². The SMILES string of the molecule is CCCCCCCCCCCCCCCCCC(=O)NCCNC(=O)CCCCCCCCCCCCCCCCC.CCCCCCCCCCCCCCCCCC(=O)[O-].CCCCCCCCCCCCCCCCCC(=O)[O-].[Ca+2]. The molecule has 0 heterocycles. The molecule has 0 saturated carbocycles. The molecule has 0 rings (SSSR count). The van der Waals surface area contributed by atoms with Crippen molar-refractivity contribution in [2.45, 2.75) is 439 Å². The quantitative estimate of drug-likeness (QED) is 0.0459. The fraction of sp³-hybridized carbons (Fsp3) is 0.946. The molecule has 0 spiro atoms. The van der Waals surface area contributed by atoms with Gasteiger partial charge in [0.25, 0.3) is 0 Å². The molecule has 0 atom stereocenters. The van der Waals surface area contributed by atoms with Gasteiger partial charge in [-0.15, -0.1) is 0 Å². The average molecular weight is 1200 g/mol. The minimum absolute atomic E-state index is 0. The summed E-state index contributed by atoms with van der Waals surface area (Å²) in [5, 5.41) is 26.4. The predicted molar refractivity (Wildman–Crippen MR) is 360 cm³/mol. The van der Waals surface area contributed by atoms with Crippen molar-refractivity contribution in [1.82, 2.24) is 10.6 Å². The number of hydrogen-bond acceptors (Lipinski definition) is 6. The largest absolute Gasteiger partial charge is 2.00 e. The van der Waals surface area contributed by atoms with Crippen LogP contribution in [-0.2, 0) is 19.2 Å². The molecule has 2 amide bonds. The second-order valence-electron chi connectivity index (χ2n) is 25.2.